The van der Waals surface area contributed by atoms with Gasteiger partial charge in [0.2, 0.25) is 0 Å². The summed E-state index contributed by atoms with van der Waals surface area (Å²) >= 11 is 1.19. The van der Waals surface area contributed by atoms with Crippen molar-refractivity contribution in [2.24, 2.45) is 0 Å². The first-order chi connectivity index (χ1) is 14.4. The SMILES string of the molecule is COC(=O)c1cc2c(Nc3cc(C)c4n(c3=O)C3(CCCC3)NC4=O)ncnc2s1. The lowest BCUT2D eigenvalue weighted by Gasteiger charge is -2.26. The third-order valence-corrected chi connectivity index (χ3v) is 6.80. The zero-order valence-corrected chi connectivity index (χ0v) is 17.3. The fraction of sp³-hybridized carbons (Fsp3) is 0.350. The highest BCUT2D eigenvalue weighted by Crippen LogP contribution is 2.39. The third kappa shape index (κ3) is 2.63. The van der Waals surface area contributed by atoms with Crippen LogP contribution in [-0.4, -0.2) is 33.5 Å². The highest BCUT2D eigenvalue weighted by molar-refractivity contribution is 7.20. The van der Waals surface area contributed by atoms with E-state index < -0.39 is 11.6 Å². The Labute approximate surface area is 175 Å². The Morgan fingerprint density at radius 1 is 1.27 bits per heavy atom. The number of carbonyl (C=O) groups is 2. The highest BCUT2D eigenvalue weighted by Gasteiger charge is 2.46. The number of nitrogens with zero attached hydrogens (tertiary/aromatic N) is 3. The minimum Gasteiger partial charge on any atom is -0.465 e. The zero-order chi connectivity index (χ0) is 21.0. The summed E-state index contributed by atoms with van der Waals surface area (Å²) in [7, 11) is 1.32. The topological polar surface area (TPSA) is 115 Å². The maximum atomic E-state index is 13.4. The molecule has 1 fully saturated rings. The number of pyridine rings is 1. The number of anilines is 2. The summed E-state index contributed by atoms with van der Waals surface area (Å²) in [6, 6.07) is 3.32. The molecule has 9 nitrogen and oxygen atoms in total. The Balaban J connectivity index is 1.63. The molecule has 0 radical (unpaired) electrons. The van der Waals surface area contributed by atoms with Crippen LogP contribution in [-0.2, 0) is 10.4 Å². The van der Waals surface area contributed by atoms with Crippen molar-refractivity contribution in [1.29, 1.82) is 0 Å². The van der Waals surface area contributed by atoms with Crippen molar-refractivity contribution in [2.75, 3.05) is 12.4 Å². The van der Waals surface area contributed by atoms with Crippen molar-refractivity contribution in [3.05, 3.63) is 44.9 Å². The molecule has 1 aliphatic carbocycles. The molecule has 3 aromatic heterocycles. The average Bonchev–Trinajstić information content (AvgIpc) is 3.43. The quantitative estimate of drug-likeness (QED) is 0.620. The van der Waals surface area contributed by atoms with Gasteiger partial charge in [0, 0.05) is 0 Å². The van der Waals surface area contributed by atoms with Crippen LogP contribution in [0.5, 0.6) is 0 Å². The maximum Gasteiger partial charge on any atom is 0.348 e. The number of thiophene rings is 1. The van der Waals surface area contributed by atoms with Gasteiger partial charge in [0.15, 0.2) is 0 Å². The molecule has 1 saturated carbocycles. The van der Waals surface area contributed by atoms with Gasteiger partial charge in [0.1, 0.15) is 38.9 Å². The molecule has 1 aliphatic heterocycles. The number of nitrogens with one attached hydrogen (secondary N) is 2. The van der Waals surface area contributed by atoms with Gasteiger partial charge in [-0.05, 0) is 50.3 Å². The van der Waals surface area contributed by atoms with Crippen molar-refractivity contribution in [1.82, 2.24) is 19.9 Å². The number of esters is 1. The summed E-state index contributed by atoms with van der Waals surface area (Å²) < 4.78 is 6.40. The van der Waals surface area contributed by atoms with Crippen molar-refractivity contribution >= 4 is 44.9 Å². The second-order valence-corrected chi connectivity index (χ2v) is 8.62. The smallest absolute Gasteiger partial charge is 0.348 e. The number of aromatic nitrogens is 3. The summed E-state index contributed by atoms with van der Waals surface area (Å²) in [6.07, 6.45) is 4.77. The average molecular weight is 425 g/mol. The fourth-order valence-electron chi connectivity index (χ4n) is 4.44. The Hall–Kier alpha value is -3.27. The normalized spacial score (nSPS) is 16.7. The Bertz CT molecular complexity index is 1270. The number of methoxy groups -OCH3 is 1. The van der Waals surface area contributed by atoms with Gasteiger partial charge >= 0.3 is 5.97 Å². The lowest BCUT2D eigenvalue weighted by Crippen LogP contribution is -2.45. The van der Waals surface area contributed by atoms with Crippen molar-refractivity contribution in [3.8, 4) is 0 Å². The van der Waals surface area contributed by atoms with E-state index in [1.807, 2.05) is 6.92 Å². The molecule has 1 spiro atoms. The van der Waals surface area contributed by atoms with Crippen molar-refractivity contribution in [2.45, 2.75) is 38.3 Å². The van der Waals surface area contributed by atoms with Crippen molar-refractivity contribution in [3.63, 3.8) is 0 Å². The Morgan fingerprint density at radius 3 is 2.77 bits per heavy atom. The molecule has 154 valence electrons. The minimum absolute atomic E-state index is 0.206. The van der Waals surface area contributed by atoms with Gasteiger partial charge < -0.3 is 15.4 Å². The predicted molar refractivity (Wildman–Crippen MR) is 111 cm³/mol. The molecule has 10 heteroatoms. The van der Waals surface area contributed by atoms with Gasteiger partial charge in [0.05, 0.1) is 12.5 Å². The second-order valence-electron chi connectivity index (χ2n) is 7.59. The van der Waals surface area contributed by atoms with Gasteiger partial charge in [-0.3, -0.25) is 14.2 Å². The molecule has 30 heavy (non-hydrogen) atoms. The fourth-order valence-corrected chi connectivity index (χ4v) is 5.36. The number of fused-ring (bicyclic) bond motifs is 3. The van der Waals surface area contributed by atoms with Gasteiger partial charge in [-0.2, -0.15) is 0 Å². The van der Waals surface area contributed by atoms with E-state index >= 15 is 0 Å². The van der Waals surface area contributed by atoms with E-state index in [9.17, 15) is 14.4 Å². The first-order valence-corrected chi connectivity index (χ1v) is 10.4. The number of hydrogen-bond acceptors (Lipinski definition) is 8. The monoisotopic (exact) mass is 425 g/mol. The first-order valence-electron chi connectivity index (χ1n) is 9.63. The molecule has 2 N–H and O–H groups in total. The highest BCUT2D eigenvalue weighted by atomic mass is 32.1. The number of ether oxygens (including phenoxy) is 1. The van der Waals surface area contributed by atoms with Crippen LogP contribution >= 0.6 is 11.3 Å². The van der Waals surface area contributed by atoms with Crippen LogP contribution in [0.3, 0.4) is 0 Å². The molecule has 0 saturated heterocycles. The van der Waals surface area contributed by atoms with E-state index in [1.165, 1.54) is 24.8 Å². The van der Waals surface area contributed by atoms with E-state index in [-0.39, 0.29) is 11.5 Å². The molecule has 0 atom stereocenters. The molecule has 0 bridgehead atoms. The lowest BCUT2D eigenvalue weighted by molar-refractivity contribution is 0.0606. The van der Waals surface area contributed by atoms with E-state index in [1.54, 1.807) is 16.7 Å². The number of rotatable bonds is 3. The molecule has 5 rings (SSSR count). The largest absolute Gasteiger partial charge is 0.465 e. The van der Waals surface area contributed by atoms with E-state index in [0.29, 0.717) is 37.9 Å². The Morgan fingerprint density at radius 2 is 2.03 bits per heavy atom. The van der Waals surface area contributed by atoms with E-state index in [2.05, 4.69) is 20.6 Å². The minimum atomic E-state index is -0.645. The number of amides is 1. The molecule has 0 aromatic carbocycles. The Kier molecular flexibility index (Phi) is 4.14. The van der Waals surface area contributed by atoms with Crippen LogP contribution in [0.2, 0.25) is 0 Å². The molecule has 3 aromatic rings. The van der Waals surface area contributed by atoms with Crippen LogP contribution in [0, 0.1) is 6.92 Å². The summed E-state index contributed by atoms with van der Waals surface area (Å²) in [6.45, 7) is 1.82. The molecule has 1 amide bonds. The van der Waals surface area contributed by atoms with Gasteiger partial charge in [-0.1, -0.05) is 0 Å². The summed E-state index contributed by atoms with van der Waals surface area (Å²) in [5, 5.41) is 6.77. The maximum absolute atomic E-state index is 13.4. The number of carbonyl (C=O) groups excluding carboxylic acids is 2. The first kappa shape index (κ1) is 18.7. The van der Waals surface area contributed by atoms with Crippen LogP contribution in [0.4, 0.5) is 11.5 Å². The van der Waals surface area contributed by atoms with E-state index in [4.69, 9.17) is 4.74 Å². The number of hydrogen-bond donors (Lipinski definition) is 2. The van der Waals surface area contributed by atoms with Gasteiger partial charge in [0.25, 0.3) is 11.5 Å². The molecule has 4 heterocycles. The standard InChI is InChI=1S/C20H19N5O4S/c1-10-7-12(18(27)25-14(10)16(26)24-20(25)5-3-4-6-20)23-15-11-8-13(19(28)29-2)30-17(11)22-9-21-15/h7-9H,3-6H2,1-2H3,(H,24,26)(H,21,22,23). The molecular weight excluding hydrogens is 406 g/mol. The van der Waals surface area contributed by atoms with Gasteiger partial charge in [-0.25, -0.2) is 14.8 Å². The zero-order valence-electron chi connectivity index (χ0n) is 16.4. The lowest BCUT2D eigenvalue weighted by atomic mass is 10.1. The van der Waals surface area contributed by atoms with Gasteiger partial charge in [-0.15, -0.1) is 11.3 Å². The third-order valence-electron chi connectivity index (χ3n) is 5.78. The van der Waals surface area contributed by atoms with Crippen LogP contribution in [0.1, 0.15) is 51.4 Å². The summed E-state index contributed by atoms with van der Waals surface area (Å²) in [4.78, 5) is 47.4. The molecular formula is C20H19N5O4S. The summed E-state index contributed by atoms with van der Waals surface area (Å²) in [5.74, 6) is -0.241. The van der Waals surface area contributed by atoms with E-state index in [0.717, 1.165) is 25.7 Å². The number of aryl methyl sites for hydroxylation is 1. The predicted octanol–water partition coefficient (Wildman–Crippen LogP) is 2.66. The van der Waals surface area contributed by atoms with Crippen molar-refractivity contribution < 1.29 is 14.3 Å². The van der Waals surface area contributed by atoms with Crippen LogP contribution in [0.25, 0.3) is 10.2 Å². The van der Waals surface area contributed by atoms with Crippen LogP contribution < -0.4 is 16.2 Å². The van der Waals surface area contributed by atoms with Crippen LogP contribution in [0.15, 0.2) is 23.3 Å². The molecule has 0 unspecified atom stereocenters. The molecule has 2 aliphatic rings. The summed E-state index contributed by atoms with van der Waals surface area (Å²) in [5.41, 5.74) is 0.539. The second kappa shape index (κ2) is 6.63.